The molecule has 0 aliphatic carbocycles. The van der Waals surface area contributed by atoms with E-state index in [0.29, 0.717) is 6.61 Å². The third-order valence-corrected chi connectivity index (χ3v) is 4.52. The molecule has 0 aliphatic rings. The van der Waals surface area contributed by atoms with Gasteiger partial charge in [0.1, 0.15) is 12.4 Å². The van der Waals surface area contributed by atoms with Crippen LogP contribution in [0.1, 0.15) is 22.3 Å². The lowest BCUT2D eigenvalue weighted by atomic mass is 10.1. The Morgan fingerprint density at radius 3 is 2.14 bits per heavy atom. The van der Waals surface area contributed by atoms with E-state index in [1.54, 1.807) is 14.2 Å². The van der Waals surface area contributed by atoms with Gasteiger partial charge in [0.2, 0.25) is 0 Å². The van der Waals surface area contributed by atoms with Gasteiger partial charge >= 0.3 is 0 Å². The minimum Gasteiger partial charge on any atom is -0.497 e. The maximum atomic E-state index is 5.96. The van der Waals surface area contributed by atoms with Crippen LogP contribution < -0.4 is 19.5 Å². The molecule has 0 aliphatic heterocycles. The van der Waals surface area contributed by atoms with Gasteiger partial charge < -0.3 is 19.5 Å². The van der Waals surface area contributed by atoms with Gasteiger partial charge in [0.05, 0.1) is 14.2 Å². The van der Waals surface area contributed by atoms with E-state index in [-0.39, 0.29) is 12.4 Å². The van der Waals surface area contributed by atoms with Gasteiger partial charge in [-0.25, -0.2) is 0 Å². The van der Waals surface area contributed by atoms with Gasteiger partial charge in [0.25, 0.3) is 0 Å². The van der Waals surface area contributed by atoms with Crippen LogP contribution >= 0.6 is 12.4 Å². The van der Waals surface area contributed by atoms with Crippen molar-refractivity contribution in [2.75, 3.05) is 14.2 Å². The predicted octanol–water partition coefficient (Wildman–Crippen LogP) is 5.30. The standard InChI is InChI=1S/C24H27NO3.ClH/c1-18-5-4-6-21(13-18)17-28-23-12-9-20(14-24(23)27-3)16-25-15-19-7-10-22(26-2)11-8-19;/h4-14,25H,15-17H2,1-3H3;1H. The van der Waals surface area contributed by atoms with Crippen LogP contribution in [0.4, 0.5) is 0 Å². The molecule has 4 nitrogen and oxygen atoms in total. The first-order chi connectivity index (χ1) is 13.7. The Morgan fingerprint density at radius 2 is 1.45 bits per heavy atom. The average molecular weight is 414 g/mol. The Morgan fingerprint density at radius 1 is 0.724 bits per heavy atom. The van der Waals surface area contributed by atoms with Crippen molar-refractivity contribution in [3.05, 3.63) is 89.0 Å². The summed E-state index contributed by atoms with van der Waals surface area (Å²) in [6.45, 7) is 4.14. The number of benzene rings is 3. The van der Waals surface area contributed by atoms with Crippen LogP contribution in [-0.4, -0.2) is 14.2 Å². The van der Waals surface area contributed by atoms with Crippen molar-refractivity contribution in [1.82, 2.24) is 5.32 Å². The van der Waals surface area contributed by atoms with Crippen molar-refractivity contribution in [2.24, 2.45) is 0 Å². The molecule has 1 N–H and O–H groups in total. The lowest BCUT2D eigenvalue weighted by molar-refractivity contribution is 0.284. The second-order valence-corrected chi connectivity index (χ2v) is 6.71. The quantitative estimate of drug-likeness (QED) is 0.516. The van der Waals surface area contributed by atoms with E-state index in [1.807, 2.05) is 30.3 Å². The Kier molecular flexibility index (Phi) is 8.84. The van der Waals surface area contributed by atoms with Crippen LogP contribution in [0.25, 0.3) is 0 Å². The highest BCUT2D eigenvalue weighted by atomic mass is 35.5. The SMILES string of the molecule is COc1ccc(CNCc2ccc(OCc3cccc(C)c3)c(OC)c2)cc1.Cl. The first-order valence-corrected chi connectivity index (χ1v) is 9.37. The molecule has 0 saturated heterocycles. The monoisotopic (exact) mass is 413 g/mol. The molecule has 5 heteroatoms. The summed E-state index contributed by atoms with van der Waals surface area (Å²) < 4.78 is 16.7. The molecule has 0 spiro atoms. The molecule has 154 valence electrons. The molecule has 3 aromatic rings. The molecule has 3 aromatic carbocycles. The molecule has 0 heterocycles. The average Bonchev–Trinajstić information content (AvgIpc) is 2.73. The van der Waals surface area contributed by atoms with Crippen LogP contribution in [0.5, 0.6) is 17.2 Å². The minimum atomic E-state index is 0. The fourth-order valence-corrected chi connectivity index (χ4v) is 3.00. The first-order valence-electron chi connectivity index (χ1n) is 9.37. The highest BCUT2D eigenvalue weighted by Crippen LogP contribution is 2.29. The van der Waals surface area contributed by atoms with Crippen LogP contribution in [-0.2, 0) is 19.7 Å². The summed E-state index contributed by atoms with van der Waals surface area (Å²) >= 11 is 0. The largest absolute Gasteiger partial charge is 0.497 e. The normalized spacial score (nSPS) is 10.2. The van der Waals surface area contributed by atoms with E-state index in [2.05, 4.69) is 48.6 Å². The Hall–Kier alpha value is -2.69. The molecular weight excluding hydrogens is 386 g/mol. The number of hydrogen-bond acceptors (Lipinski definition) is 4. The summed E-state index contributed by atoms with van der Waals surface area (Å²) in [5.41, 5.74) is 4.73. The van der Waals surface area contributed by atoms with E-state index in [9.17, 15) is 0 Å². The van der Waals surface area contributed by atoms with Gasteiger partial charge in [-0.1, -0.05) is 48.0 Å². The summed E-state index contributed by atoms with van der Waals surface area (Å²) in [4.78, 5) is 0. The summed E-state index contributed by atoms with van der Waals surface area (Å²) in [6, 6.07) is 22.5. The summed E-state index contributed by atoms with van der Waals surface area (Å²) in [7, 11) is 3.35. The zero-order valence-corrected chi connectivity index (χ0v) is 17.9. The third-order valence-electron chi connectivity index (χ3n) is 4.52. The second kappa shape index (κ2) is 11.3. The van der Waals surface area contributed by atoms with Gasteiger partial charge in [-0.3, -0.25) is 0 Å². The number of hydrogen-bond donors (Lipinski definition) is 1. The number of methoxy groups -OCH3 is 2. The van der Waals surface area contributed by atoms with Gasteiger partial charge in [-0.2, -0.15) is 0 Å². The number of ether oxygens (including phenoxy) is 3. The van der Waals surface area contributed by atoms with E-state index in [0.717, 1.165) is 41.5 Å². The summed E-state index contributed by atoms with van der Waals surface area (Å²) in [5.74, 6) is 2.37. The number of halogens is 1. The van der Waals surface area contributed by atoms with Crippen molar-refractivity contribution in [1.29, 1.82) is 0 Å². The summed E-state index contributed by atoms with van der Waals surface area (Å²) in [5, 5.41) is 3.45. The molecule has 29 heavy (non-hydrogen) atoms. The first kappa shape index (κ1) is 22.6. The third kappa shape index (κ3) is 6.70. The Labute approximate surface area is 179 Å². The number of rotatable bonds is 9. The fraction of sp³-hybridized carbons (Fsp3) is 0.250. The maximum Gasteiger partial charge on any atom is 0.161 e. The van der Waals surface area contributed by atoms with E-state index < -0.39 is 0 Å². The molecule has 0 amide bonds. The lowest BCUT2D eigenvalue weighted by Gasteiger charge is -2.13. The predicted molar refractivity (Wildman–Crippen MR) is 119 cm³/mol. The van der Waals surface area contributed by atoms with Crippen LogP contribution in [0.3, 0.4) is 0 Å². The molecule has 0 bridgehead atoms. The number of nitrogens with one attached hydrogen (secondary N) is 1. The molecule has 0 saturated carbocycles. The second-order valence-electron chi connectivity index (χ2n) is 6.71. The van der Waals surface area contributed by atoms with Crippen LogP contribution in [0, 0.1) is 6.92 Å². The lowest BCUT2D eigenvalue weighted by Crippen LogP contribution is -2.12. The molecular formula is C24H28ClNO3. The van der Waals surface area contributed by atoms with Gasteiger partial charge in [0.15, 0.2) is 11.5 Å². The van der Waals surface area contributed by atoms with Crippen molar-refractivity contribution in [2.45, 2.75) is 26.6 Å². The molecule has 0 fully saturated rings. The van der Waals surface area contributed by atoms with Crippen molar-refractivity contribution in [3.63, 3.8) is 0 Å². The minimum absolute atomic E-state index is 0. The van der Waals surface area contributed by atoms with Gasteiger partial charge in [-0.05, 0) is 47.9 Å². The molecule has 0 unspecified atom stereocenters. The van der Waals surface area contributed by atoms with Gasteiger partial charge in [-0.15, -0.1) is 12.4 Å². The number of aryl methyl sites for hydroxylation is 1. The Balaban J connectivity index is 0.00000300. The molecule has 0 aromatic heterocycles. The fourth-order valence-electron chi connectivity index (χ4n) is 3.00. The van der Waals surface area contributed by atoms with Gasteiger partial charge in [0, 0.05) is 13.1 Å². The Bertz CT molecular complexity index is 897. The topological polar surface area (TPSA) is 39.7 Å². The van der Waals surface area contributed by atoms with E-state index >= 15 is 0 Å². The van der Waals surface area contributed by atoms with Crippen LogP contribution in [0.2, 0.25) is 0 Å². The zero-order chi connectivity index (χ0) is 19.8. The smallest absolute Gasteiger partial charge is 0.161 e. The highest BCUT2D eigenvalue weighted by Gasteiger charge is 2.07. The van der Waals surface area contributed by atoms with Crippen molar-refractivity contribution >= 4 is 12.4 Å². The van der Waals surface area contributed by atoms with E-state index in [4.69, 9.17) is 14.2 Å². The maximum absolute atomic E-state index is 5.96. The van der Waals surface area contributed by atoms with Crippen LogP contribution in [0.15, 0.2) is 66.7 Å². The molecule has 0 atom stereocenters. The van der Waals surface area contributed by atoms with E-state index in [1.165, 1.54) is 11.1 Å². The van der Waals surface area contributed by atoms with Crippen molar-refractivity contribution in [3.8, 4) is 17.2 Å². The van der Waals surface area contributed by atoms with Crippen molar-refractivity contribution < 1.29 is 14.2 Å². The highest BCUT2D eigenvalue weighted by molar-refractivity contribution is 5.85. The zero-order valence-electron chi connectivity index (χ0n) is 17.1. The molecule has 3 rings (SSSR count). The summed E-state index contributed by atoms with van der Waals surface area (Å²) in [6.07, 6.45) is 0. The molecule has 0 radical (unpaired) electrons.